The van der Waals surface area contributed by atoms with Gasteiger partial charge in [-0.2, -0.15) is 0 Å². The fourth-order valence-electron chi connectivity index (χ4n) is 2.23. The van der Waals surface area contributed by atoms with E-state index in [1.54, 1.807) is 14.0 Å². The Hall–Kier alpha value is -2.61. The molecule has 1 aromatic carbocycles. The van der Waals surface area contributed by atoms with Crippen molar-refractivity contribution in [2.75, 3.05) is 11.8 Å². The minimum absolute atomic E-state index is 0.0129. The van der Waals surface area contributed by atoms with Gasteiger partial charge < -0.3 is 9.30 Å². The fraction of sp³-hybridized carbons (Fsp3) is 0.250. The highest BCUT2D eigenvalue weighted by Crippen LogP contribution is 2.23. The Morgan fingerprint density at radius 1 is 1.17 bits per heavy atom. The molecule has 0 unspecified atom stereocenters. The molecule has 1 N–H and O–H groups in total. The summed E-state index contributed by atoms with van der Waals surface area (Å²) in [6.07, 6.45) is 0. The van der Waals surface area contributed by atoms with Crippen molar-refractivity contribution in [3.63, 3.8) is 0 Å². The second kappa shape index (κ2) is 6.48. The van der Waals surface area contributed by atoms with Crippen LogP contribution >= 0.6 is 0 Å². The van der Waals surface area contributed by atoms with Gasteiger partial charge in [0.1, 0.15) is 10.6 Å². The third-order valence-electron chi connectivity index (χ3n) is 3.72. The number of rotatable bonds is 5. The Labute approximate surface area is 140 Å². The molecule has 8 heteroatoms. The number of esters is 1. The van der Waals surface area contributed by atoms with E-state index in [9.17, 15) is 18.0 Å². The number of sulfonamides is 1. The predicted molar refractivity (Wildman–Crippen MR) is 88.7 cm³/mol. The second-order valence-electron chi connectivity index (χ2n) is 5.27. The summed E-state index contributed by atoms with van der Waals surface area (Å²) in [7, 11) is -1.07. The molecule has 0 aliphatic carbocycles. The number of aromatic nitrogens is 1. The molecule has 2 rings (SSSR count). The van der Waals surface area contributed by atoms with Crippen molar-refractivity contribution in [3.05, 3.63) is 47.3 Å². The summed E-state index contributed by atoms with van der Waals surface area (Å²) in [5.74, 6) is -0.723. The molecular weight excluding hydrogens is 332 g/mol. The number of Topliss-reactive ketones (excluding diaryl/α,β-unsaturated/α-hetero) is 1. The summed E-state index contributed by atoms with van der Waals surface area (Å²) in [5, 5.41) is 0. The Morgan fingerprint density at radius 2 is 1.75 bits per heavy atom. The van der Waals surface area contributed by atoms with Crippen molar-refractivity contribution in [2.24, 2.45) is 7.05 Å². The molecular formula is C16H18N2O5S. The Balaban J connectivity index is 2.37. The monoisotopic (exact) mass is 350 g/mol. The lowest BCUT2D eigenvalue weighted by atomic mass is 10.1. The summed E-state index contributed by atoms with van der Waals surface area (Å²) >= 11 is 0. The second-order valence-corrected chi connectivity index (χ2v) is 6.92. The molecule has 1 heterocycles. The maximum atomic E-state index is 12.6. The van der Waals surface area contributed by atoms with E-state index in [0.29, 0.717) is 16.9 Å². The molecule has 0 bridgehead atoms. The van der Waals surface area contributed by atoms with Crippen LogP contribution in [0.3, 0.4) is 0 Å². The van der Waals surface area contributed by atoms with E-state index in [-0.39, 0.29) is 16.4 Å². The van der Waals surface area contributed by atoms with Crippen LogP contribution < -0.4 is 4.72 Å². The number of carbonyl (C=O) groups excluding carboxylic acids is 2. The van der Waals surface area contributed by atoms with Crippen molar-refractivity contribution in [2.45, 2.75) is 18.7 Å². The molecule has 0 amide bonds. The molecule has 24 heavy (non-hydrogen) atoms. The highest BCUT2D eigenvalue weighted by Gasteiger charge is 2.24. The minimum Gasteiger partial charge on any atom is -0.464 e. The van der Waals surface area contributed by atoms with Gasteiger partial charge in [-0.15, -0.1) is 0 Å². The van der Waals surface area contributed by atoms with Crippen molar-refractivity contribution in [1.82, 2.24) is 4.57 Å². The number of nitrogens with one attached hydrogen (secondary N) is 1. The van der Waals surface area contributed by atoms with Gasteiger partial charge in [0.15, 0.2) is 5.78 Å². The summed E-state index contributed by atoms with van der Waals surface area (Å²) < 4.78 is 33.7. The van der Waals surface area contributed by atoms with Gasteiger partial charge in [-0.05, 0) is 44.2 Å². The molecule has 0 aliphatic rings. The molecule has 0 atom stereocenters. The predicted octanol–water partition coefficient (Wildman–Crippen LogP) is 2.12. The molecule has 0 saturated heterocycles. The number of ether oxygens (including phenoxy) is 1. The van der Waals surface area contributed by atoms with E-state index in [0.717, 1.165) is 0 Å². The largest absolute Gasteiger partial charge is 0.464 e. The molecule has 0 radical (unpaired) electrons. The summed E-state index contributed by atoms with van der Waals surface area (Å²) in [6, 6.07) is 7.37. The van der Waals surface area contributed by atoms with Crippen molar-refractivity contribution in [1.29, 1.82) is 0 Å². The summed E-state index contributed by atoms with van der Waals surface area (Å²) in [5.41, 5.74) is 1.36. The van der Waals surface area contributed by atoms with Crippen LogP contribution in [0.4, 0.5) is 5.69 Å². The van der Waals surface area contributed by atoms with E-state index in [1.807, 2.05) is 0 Å². The maximum Gasteiger partial charge on any atom is 0.354 e. The first-order valence-electron chi connectivity index (χ1n) is 7.06. The number of anilines is 1. The third kappa shape index (κ3) is 3.33. The first-order chi connectivity index (χ1) is 11.2. The average molecular weight is 350 g/mol. The van der Waals surface area contributed by atoms with Gasteiger partial charge >= 0.3 is 5.97 Å². The van der Waals surface area contributed by atoms with Crippen LogP contribution in [0.2, 0.25) is 0 Å². The zero-order chi connectivity index (χ0) is 18.1. The number of carbonyl (C=O) groups is 2. The van der Waals surface area contributed by atoms with E-state index in [4.69, 9.17) is 0 Å². The van der Waals surface area contributed by atoms with Crippen LogP contribution in [-0.4, -0.2) is 31.8 Å². The van der Waals surface area contributed by atoms with Crippen LogP contribution in [0.15, 0.2) is 35.2 Å². The first-order valence-corrected chi connectivity index (χ1v) is 8.54. The van der Waals surface area contributed by atoms with Gasteiger partial charge in [-0.1, -0.05) is 0 Å². The molecule has 0 fully saturated rings. The number of methoxy groups -OCH3 is 1. The van der Waals surface area contributed by atoms with Crippen molar-refractivity contribution < 1.29 is 22.7 Å². The van der Waals surface area contributed by atoms with Gasteiger partial charge in [-0.25, -0.2) is 13.2 Å². The highest BCUT2D eigenvalue weighted by atomic mass is 32.2. The van der Waals surface area contributed by atoms with Gasteiger partial charge in [0.2, 0.25) is 0 Å². The quantitative estimate of drug-likeness (QED) is 0.658. The fourth-order valence-corrected chi connectivity index (χ4v) is 3.58. The lowest BCUT2D eigenvalue weighted by molar-refractivity contribution is 0.0589. The maximum absolute atomic E-state index is 12.6. The average Bonchev–Trinajstić information content (AvgIpc) is 2.83. The van der Waals surface area contributed by atoms with Gasteiger partial charge in [0.25, 0.3) is 10.0 Å². The lowest BCUT2D eigenvalue weighted by Gasteiger charge is -2.08. The molecule has 0 spiro atoms. The van der Waals surface area contributed by atoms with Crippen LogP contribution in [0.5, 0.6) is 0 Å². The van der Waals surface area contributed by atoms with Crippen LogP contribution in [-0.2, 0) is 21.8 Å². The smallest absolute Gasteiger partial charge is 0.354 e. The number of hydrogen-bond acceptors (Lipinski definition) is 5. The summed E-state index contributed by atoms with van der Waals surface area (Å²) in [6.45, 7) is 3.03. The topological polar surface area (TPSA) is 94.5 Å². The van der Waals surface area contributed by atoms with Gasteiger partial charge in [0.05, 0.1) is 7.11 Å². The number of benzene rings is 1. The van der Waals surface area contributed by atoms with Gasteiger partial charge in [0, 0.05) is 24.0 Å². The van der Waals surface area contributed by atoms with Crippen molar-refractivity contribution in [3.8, 4) is 0 Å². The molecule has 2 aromatic rings. The SMILES string of the molecule is COC(=O)c1cc(S(=O)(=O)Nc2ccc(C(C)=O)cc2)c(C)n1C. The van der Waals surface area contributed by atoms with E-state index in [2.05, 4.69) is 9.46 Å². The highest BCUT2D eigenvalue weighted by molar-refractivity contribution is 7.92. The Kier molecular flexibility index (Phi) is 4.79. The zero-order valence-corrected chi connectivity index (χ0v) is 14.6. The normalized spacial score (nSPS) is 11.2. The number of hydrogen-bond donors (Lipinski definition) is 1. The Morgan fingerprint density at radius 3 is 2.25 bits per heavy atom. The Bertz CT molecular complexity index is 895. The molecule has 0 aliphatic heterocycles. The van der Waals surface area contributed by atoms with Crippen molar-refractivity contribution >= 4 is 27.5 Å². The third-order valence-corrected chi connectivity index (χ3v) is 5.21. The van der Waals surface area contributed by atoms with Crippen LogP contribution in [0, 0.1) is 6.92 Å². The zero-order valence-electron chi connectivity index (χ0n) is 13.8. The van der Waals surface area contributed by atoms with Gasteiger partial charge in [-0.3, -0.25) is 9.52 Å². The summed E-state index contributed by atoms with van der Waals surface area (Å²) in [4.78, 5) is 22.9. The van der Waals surface area contributed by atoms with Crippen LogP contribution in [0.1, 0.15) is 33.5 Å². The van der Waals surface area contributed by atoms with E-state index >= 15 is 0 Å². The van der Waals surface area contributed by atoms with E-state index in [1.165, 1.54) is 48.9 Å². The van der Waals surface area contributed by atoms with E-state index < -0.39 is 16.0 Å². The molecule has 7 nitrogen and oxygen atoms in total. The van der Waals surface area contributed by atoms with Crippen LogP contribution in [0.25, 0.3) is 0 Å². The molecule has 1 aromatic heterocycles. The minimum atomic E-state index is -3.88. The standard InChI is InChI=1S/C16H18N2O5S/c1-10-15(9-14(18(10)3)16(20)23-4)24(21,22)17-13-7-5-12(6-8-13)11(2)19/h5-9,17H,1-4H3. The molecule has 0 saturated carbocycles. The first kappa shape index (κ1) is 17.7. The lowest BCUT2D eigenvalue weighted by Crippen LogP contribution is -2.14. The molecule has 128 valence electrons. The number of nitrogens with zero attached hydrogens (tertiary/aromatic N) is 1. The number of ketones is 1.